The van der Waals surface area contributed by atoms with Gasteiger partial charge in [-0.1, -0.05) is 24.3 Å². The van der Waals surface area contributed by atoms with Gasteiger partial charge in [0, 0.05) is 12.5 Å². The smallest absolute Gasteiger partial charge is 0.182 e. The first-order valence-corrected chi connectivity index (χ1v) is 9.51. The van der Waals surface area contributed by atoms with Crippen LogP contribution in [0.25, 0.3) is 12.2 Å². The van der Waals surface area contributed by atoms with E-state index in [2.05, 4.69) is 0 Å². The molecule has 0 spiro atoms. The number of aliphatic hydroxyl groups excluding tert-OH is 1. The number of hydrogen-bond donors (Lipinski definition) is 2. The average Bonchev–Trinajstić information content (AvgIpc) is 2.77. The van der Waals surface area contributed by atoms with Crippen molar-refractivity contribution in [2.24, 2.45) is 0 Å². The number of phenols is 1. The minimum Gasteiger partial charge on any atom is -0.508 e. The number of rotatable bonds is 11. The summed E-state index contributed by atoms with van der Waals surface area (Å²) in [6.45, 7) is -0.204. The molecular weight excluding hydrogens is 403 g/mol. The molecule has 0 saturated carbocycles. The summed E-state index contributed by atoms with van der Waals surface area (Å²) in [6, 6.07) is 9.82. The topological polar surface area (TPSA) is 85.2 Å². The summed E-state index contributed by atoms with van der Waals surface area (Å²) in [4.78, 5) is 12.0. The second-order valence-corrected chi connectivity index (χ2v) is 6.37. The number of aliphatic hydroxyl groups is 1. The zero-order valence-corrected chi connectivity index (χ0v) is 17.4. The fourth-order valence-electron chi connectivity index (χ4n) is 2.54. The van der Waals surface area contributed by atoms with Crippen LogP contribution in [0.1, 0.15) is 17.5 Å². The fourth-order valence-corrected chi connectivity index (χ4v) is 2.54. The molecule has 7 heteroatoms. The molecule has 2 N–H and O–H groups in total. The fraction of sp³-hybridized carbons (Fsp3) is 0.208. The van der Waals surface area contributed by atoms with Crippen molar-refractivity contribution in [3.8, 4) is 23.0 Å². The number of ether oxygens (including phenoxy) is 3. The van der Waals surface area contributed by atoms with Gasteiger partial charge in [0.15, 0.2) is 28.8 Å². The minimum absolute atomic E-state index is 0.00430. The van der Waals surface area contributed by atoms with Crippen molar-refractivity contribution in [3.63, 3.8) is 0 Å². The standard InChI is InChI=1S/C24H25FO6/c1-29-23-14-17(6-10-21(23)28)4-8-19(26)16-20(27)9-5-18-7-11-22(24(15-18)30-2)31-13-3-12-25/h4-11,14-16,27-28H,3,12-13H2,1-2H3/b8-4+,9-5+,20-16-. The van der Waals surface area contributed by atoms with Crippen LogP contribution in [0.2, 0.25) is 0 Å². The van der Waals surface area contributed by atoms with E-state index >= 15 is 0 Å². The molecule has 0 radical (unpaired) electrons. The maximum atomic E-state index is 12.2. The summed E-state index contributed by atoms with van der Waals surface area (Å²) < 4.78 is 27.9. The predicted octanol–water partition coefficient (Wildman–Crippen LogP) is 4.89. The van der Waals surface area contributed by atoms with Crippen LogP contribution >= 0.6 is 0 Å². The number of methoxy groups -OCH3 is 2. The van der Waals surface area contributed by atoms with Crippen LogP contribution in [-0.2, 0) is 4.79 Å². The largest absolute Gasteiger partial charge is 0.508 e. The Bertz CT molecular complexity index is 978. The van der Waals surface area contributed by atoms with Gasteiger partial charge in [0.25, 0.3) is 0 Å². The number of phenolic OH excluding ortho intramolecular Hbond substituents is 1. The summed E-state index contributed by atoms with van der Waals surface area (Å²) >= 11 is 0. The second-order valence-electron chi connectivity index (χ2n) is 6.37. The Kier molecular flexibility index (Phi) is 9.16. The highest BCUT2D eigenvalue weighted by molar-refractivity contribution is 6.02. The van der Waals surface area contributed by atoms with Gasteiger partial charge in [0.1, 0.15) is 5.76 Å². The number of carbonyl (C=O) groups is 1. The lowest BCUT2D eigenvalue weighted by molar-refractivity contribution is -0.110. The van der Waals surface area contributed by atoms with Crippen molar-refractivity contribution < 1.29 is 33.6 Å². The quantitative estimate of drug-likeness (QED) is 0.230. The Morgan fingerprint density at radius 1 is 0.968 bits per heavy atom. The van der Waals surface area contributed by atoms with Crippen LogP contribution in [0.15, 0.2) is 60.4 Å². The lowest BCUT2D eigenvalue weighted by atomic mass is 10.1. The minimum atomic E-state index is -0.453. The zero-order chi connectivity index (χ0) is 22.6. The van der Waals surface area contributed by atoms with E-state index in [1.54, 1.807) is 42.5 Å². The number of benzene rings is 2. The summed E-state index contributed by atoms with van der Waals surface area (Å²) in [5, 5.41) is 19.6. The van der Waals surface area contributed by atoms with Crippen molar-refractivity contribution >= 4 is 17.9 Å². The summed E-state index contributed by atoms with van der Waals surface area (Å²) in [5.41, 5.74) is 1.38. The molecule has 0 aliphatic rings. The van der Waals surface area contributed by atoms with Gasteiger partial charge < -0.3 is 24.4 Å². The Morgan fingerprint density at radius 3 is 2.29 bits per heavy atom. The average molecular weight is 428 g/mol. The highest BCUT2D eigenvalue weighted by Crippen LogP contribution is 2.29. The molecule has 0 saturated heterocycles. The van der Waals surface area contributed by atoms with E-state index in [1.165, 1.54) is 32.4 Å². The number of halogens is 1. The van der Waals surface area contributed by atoms with Gasteiger partial charge in [0.05, 0.1) is 27.5 Å². The molecule has 0 aromatic heterocycles. The van der Waals surface area contributed by atoms with Crippen molar-refractivity contribution in [1.82, 2.24) is 0 Å². The van der Waals surface area contributed by atoms with E-state index < -0.39 is 12.5 Å². The number of carbonyl (C=O) groups excluding carboxylic acids is 1. The highest BCUT2D eigenvalue weighted by atomic mass is 19.1. The Hall–Kier alpha value is -3.74. The molecule has 0 aliphatic heterocycles. The molecular formula is C24H25FO6. The molecule has 2 aromatic rings. The van der Waals surface area contributed by atoms with E-state index in [9.17, 15) is 19.4 Å². The molecule has 164 valence electrons. The van der Waals surface area contributed by atoms with Crippen LogP contribution in [0.3, 0.4) is 0 Å². The Balaban J connectivity index is 2.02. The normalized spacial score (nSPS) is 11.8. The first kappa shape index (κ1) is 23.5. The molecule has 0 aliphatic carbocycles. The third-order valence-electron chi connectivity index (χ3n) is 4.10. The molecule has 0 heterocycles. The molecule has 0 unspecified atom stereocenters. The first-order valence-electron chi connectivity index (χ1n) is 9.51. The molecule has 0 atom stereocenters. The van der Waals surface area contributed by atoms with E-state index in [0.717, 1.165) is 6.08 Å². The summed E-state index contributed by atoms with van der Waals surface area (Å²) in [6.07, 6.45) is 7.21. The van der Waals surface area contributed by atoms with Crippen LogP contribution in [0.5, 0.6) is 23.0 Å². The number of hydrogen-bond acceptors (Lipinski definition) is 6. The summed E-state index contributed by atoms with van der Waals surface area (Å²) in [5.74, 6) is 0.644. The van der Waals surface area contributed by atoms with E-state index in [0.29, 0.717) is 34.8 Å². The Morgan fingerprint density at radius 2 is 1.61 bits per heavy atom. The molecule has 6 nitrogen and oxygen atoms in total. The SMILES string of the molecule is COc1cc(/C=C/C(=O)/C=C(O)/C=C/c2ccc(OCCCF)c(OC)c2)ccc1O. The van der Waals surface area contributed by atoms with E-state index in [1.807, 2.05) is 0 Å². The lowest BCUT2D eigenvalue weighted by Crippen LogP contribution is -2.00. The molecule has 2 aromatic carbocycles. The summed E-state index contributed by atoms with van der Waals surface area (Å²) in [7, 11) is 2.93. The molecule has 31 heavy (non-hydrogen) atoms. The number of ketones is 1. The van der Waals surface area contributed by atoms with Crippen molar-refractivity contribution in [3.05, 3.63) is 71.5 Å². The van der Waals surface area contributed by atoms with Gasteiger partial charge >= 0.3 is 0 Å². The van der Waals surface area contributed by atoms with Gasteiger partial charge in [-0.15, -0.1) is 0 Å². The van der Waals surface area contributed by atoms with E-state index in [4.69, 9.17) is 14.2 Å². The molecule has 0 fully saturated rings. The number of alkyl halides is 1. The number of aromatic hydroxyl groups is 1. The molecule has 0 bridgehead atoms. The van der Waals surface area contributed by atoms with Crippen LogP contribution in [0.4, 0.5) is 4.39 Å². The molecule has 2 rings (SSSR count). The third kappa shape index (κ3) is 7.54. The third-order valence-corrected chi connectivity index (χ3v) is 4.10. The van der Waals surface area contributed by atoms with Crippen molar-refractivity contribution in [2.45, 2.75) is 6.42 Å². The van der Waals surface area contributed by atoms with Crippen LogP contribution < -0.4 is 14.2 Å². The van der Waals surface area contributed by atoms with E-state index in [-0.39, 0.29) is 18.1 Å². The second kappa shape index (κ2) is 12.1. The van der Waals surface area contributed by atoms with Gasteiger partial charge in [0.2, 0.25) is 0 Å². The number of allylic oxidation sites excluding steroid dienone is 3. The monoisotopic (exact) mass is 428 g/mol. The zero-order valence-electron chi connectivity index (χ0n) is 17.4. The molecule has 0 amide bonds. The van der Waals surface area contributed by atoms with Crippen molar-refractivity contribution in [2.75, 3.05) is 27.5 Å². The van der Waals surface area contributed by atoms with Gasteiger partial charge in [-0.3, -0.25) is 9.18 Å². The van der Waals surface area contributed by atoms with Crippen LogP contribution in [0, 0.1) is 0 Å². The maximum absolute atomic E-state index is 12.2. The highest BCUT2D eigenvalue weighted by Gasteiger charge is 2.05. The lowest BCUT2D eigenvalue weighted by Gasteiger charge is -2.10. The predicted molar refractivity (Wildman–Crippen MR) is 118 cm³/mol. The van der Waals surface area contributed by atoms with Gasteiger partial charge in [-0.2, -0.15) is 0 Å². The first-order chi connectivity index (χ1) is 15.0. The van der Waals surface area contributed by atoms with Gasteiger partial charge in [-0.05, 0) is 47.5 Å². The van der Waals surface area contributed by atoms with Gasteiger partial charge in [-0.25, -0.2) is 0 Å². The van der Waals surface area contributed by atoms with Crippen LogP contribution in [-0.4, -0.2) is 43.5 Å². The van der Waals surface area contributed by atoms with Crippen molar-refractivity contribution in [1.29, 1.82) is 0 Å². The Labute approximate surface area is 180 Å². The maximum Gasteiger partial charge on any atom is 0.182 e.